The summed E-state index contributed by atoms with van der Waals surface area (Å²) in [7, 11) is 0. The van der Waals surface area contributed by atoms with Crippen LogP contribution in [0.15, 0.2) is 12.3 Å². The lowest BCUT2D eigenvalue weighted by molar-refractivity contribution is 0.0932. The zero-order valence-corrected chi connectivity index (χ0v) is 12.1. The van der Waals surface area contributed by atoms with E-state index in [2.05, 4.69) is 30.9 Å². The Kier molecular flexibility index (Phi) is 4.86. The predicted octanol–water partition coefficient (Wildman–Crippen LogP) is 2.17. The van der Waals surface area contributed by atoms with Crippen molar-refractivity contribution in [3.8, 4) is 0 Å². The maximum absolute atomic E-state index is 12.2. The van der Waals surface area contributed by atoms with Crippen LogP contribution in [0.25, 0.3) is 0 Å². The first-order valence-corrected chi connectivity index (χ1v) is 6.72. The lowest BCUT2D eigenvalue weighted by atomic mass is 10.1. The fraction of sp³-hybridized carbons (Fsp3) is 0.364. The molecule has 2 aromatic heterocycles. The molecule has 0 radical (unpaired) electrons. The molecule has 2 aromatic rings. The second-order valence-electron chi connectivity index (χ2n) is 4.07. The highest BCUT2D eigenvalue weighted by molar-refractivity contribution is 6.35. The monoisotopic (exact) mass is 314 g/mol. The molecule has 0 aliphatic rings. The van der Waals surface area contributed by atoms with Gasteiger partial charge in [-0.3, -0.25) is 4.79 Å². The van der Waals surface area contributed by atoms with Crippen LogP contribution in [0.2, 0.25) is 10.2 Å². The van der Waals surface area contributed by atoms with Crippen molar-refractivity contribution in [2.75, 3.05) is 0 Å². The van der Waals surface area contributed by atoms with Gasteiger partial charge in [0.2, 0.25) is 0 Å². The van der Waals surface area contributed by atoms with Gasteiger partial charge in [0, 0.05) is 6.20 Å². The van der Waals surface area contributed by atoms with Gasteiger partial charge in [-0.2, -0.15) is 5.21 Å². The smallest absolute Gasteiger partial charge is 0.253 e. The van der Waals surface area contributed by atoms with Gasteiger partial charge in [-0.25, -0.2) is 4.98 Å². The standard InChI is InChI=1S/C11H12Cl2N6O/c1-2-3-8(10-16-18-19-17-10)15-11(20)6-4-9(13)14-5-7(6)12/h4-5,8H,2-3H2,1H3,(H,15,20)(H,16,17,18,19)/t8-/m1/s1. The molecule has 2 heterocycles. The summed E-state index contributed by atoms with van der Waals surface area (Å²) < 4.78 is 0. The van der Waals surface area contributed by atoms with Crippen LogP contribution in [0.1, 0.15) is 42.0 Å². The van der Waals surface area contributed by atoms with Crippen LogP contribution >= 0.6 is 23.2 Å². The Morgan fingerprint density at radius 2 is 2.30 bits per heavy atom. The average Bonchev–Trinajstić information content (AvgIpc) is 2.95. The van der Waals surface area contributed by atoms with E-state index in [1.165, 1.54) is 12.3 Å². The van der Waals surface area contributed by atoms with E-state index in [0.29, 0.717) is 12.2 Å². The number of nitrogens with zero attached hydrogens (tertiary/aromatic N) is 4. The van der Waals surface area contributed by atoms with E-state index in [-0.39, 0.29) is 27.7 Å². The molecule has 106 valence electrons. The van der Waals surface area contributed by atoms with Gasteiger partial charge < -0.3 is 5.32 Å². The number of rotatable bonds is 5. The first-order chi connectivity index (χ1) is 9.61. The summed E-state index contributed by atoms with van der Waals surface area (Å²) in [5, 5.41) is 16.9. The molecule has 1 amide bonds. The van der Waals surface area contributed by atoms with Gasteiger partial charge in [-0.15, -0.1) is 10.2 Å². The van der Waals surface area contributed by atoms with E-state index >= 15 is 0 Å². The van der Waals surface area contributed by atoms with E-state index in [4.69, 9.17) is 23.2 Å². The third kappa shape index (κ3) is 3.43. The summed E-state index contributed by atoms with van der Waals surface area (Å²) >= 11 is 11.7. The molecule has 0 fully saturated rings. The molecule has 0 spiro atoms. The normalized spacial score (nSPS) is 12.2. The number of hydrogen-bond acceptors (Lipinski definition) is 5. The van der Waals surface area contributed by atoms with Crippen molar-refractivity contribution in [2.24, 2.45) is 0 Å². The Morgan fingerprint density at radius 1 is 1.50 bits per heavy atom. The van der Waals surface area contributed by atoms with Gasteiger partial charge >= 0.3 is 0 Å². The molecule has 9 heteroatoms. The molecule has 0 aliphatic carbocycles. The molecule has 2 N–H and O–H groups in total. The molecule has 0 aromatic carbocycles. The number of pyridine rings is 1. The number of nitrogens with one attached hydrogen (secondary N) is 2. The van der Waals surface area contributed by atoms with E-state index < -0.39 is 0 Å². The quantitative estimate of drug-likeness (QED) is 0.824. The van der Waals surface area contributed by atoms with Gasteiger partial charge in [-0.1, -0.05) is 41.8 Å². The summed E-state index contributed by atoms with van der Waals surface area (Å²) in [4.78, 5) is 16.0. The lowest BCUT2D eigenvalue weighted by Gasteiger charge is -2.15. The maximum Gasteiger partial charge on any atom is 0.253 e. The minimum atomic E-state index is -0.359. The second-order valence-corrected chi connectivity index (χ2v) is 4.87. The Hall–Kier alpha value is -1.73. The van der Waals surface area contributed by atoms with Crippen molar-refractivity contribution in [1.29, 1.82) is 0 Å². The molecule has 0 saturated carbocycles. The Labute approximate surface area is 125 Å². The number of hydrogen-bond donors (Lipinski definition) is 2. The number of carbonyl (C=O) groups is 1. The van der Waals surface area contributed by atoms with Gasteiger partial charge in [0.05, 0.1) is 16.6 Å². The van der Waals surface area contributed by atoms with Crippen molar-refractivity contribution >= 4 is 29.1 Å². The third-order valence-corrected chi connectivity index (χ3v) is 3.13. The van der Waals surface area contributed by atoms with E-state index in [0.717, 1.165) is 6.42 Å². The SMILES string of the molecule is CCC[C@@H](NC(=O)c1cc(Cl)ncc1Cl)c1nn[nH]n1. The van der Waals surface area contributed by atoms with Gasteiger partial charge in [0.15, 0.2) is 5.82 Å². The zero-order chi connectivity index (χ0) is 14.5. The van der Waals surface area contributed by atoms with Crippen molar-refractivity contribution in [3.05, 3.63) is 33.8 Å². The Bertz CT molecular complexity index is 589. The predicted molar refractivity (Wildman–Crippen MR) is 73.5 cm³/mol. The highest BCUT2D eigenvalue weighted by atomic mass is 35.5. The molecule has 20 heavy (non-hydrogen) atoms. The van der Waals surface area contributed by atoms with Crippen molar-refractivity contribution in [1.82, 2.24) is 30.9 Å². The largest absolute Gasteiger partial charge is 0.342 e. The Balaban J connectivity index is 2.18. The van der Waals surface area contributed by atoms with Crippen LogP contribution in [0.5, 0.6) is 0 Å². The number of aromatic amines is 1. The first-order valence-electron chi connectivity index (χ1n) is 5.97. The van der Waals surface area contributed by atoms with E-state index in [9.17, 15) is 4.79 Å². The number of tetrazole rings is 1. The molecule has 0 saturated heterocycles. The van der Waals surface area contributed by atoms with Gasteiger partial charge in [0.1, 0.15) is 5.15 Å². The highest BCUT2D eigenvalue weighted by Crippen LogP contribution is 2.20. The number of H-pyrrole nitrogens is 1. The van der Waals surface area contributed by atoms with Crippen molar-refractivity contribution in [2.45, 2.75) is 25.8 Å². The number of halogens is 2. The molecular weight excluding hydrogens is 303 g/mol. The topological polar surface area (TPSA) is 96.5 Å². The van der Waals surface area contributed by atoms with Crippen molar-refractivity contribution < 1.29 is 4.79 Å². The minimum absolute atomic E-state index is 0.200. The van der Waals surface area contributed by atoms with Crippen LogP contribution in [-0.2, 0) is 0 Å². The molecule has 0 aliphatic heterocycles. The number of aromatic nitrogens is 5. The summed E-state index contributed by atoms with van der Waals surface area (Å²) in [5.41, 5.74) is 0.260. The second kappa shape index (κ2) is 6.62. The van der Waals surface area contributed by atoms with Crippen LogP contribution in [-0.4, -0.2) is 31.5 Å². The summed E-state index contributed by atoms with van der Waals surface area (Å²) in [6, 6.07) is 1.08. The minimum Gasteiger partial charge on any atom is -0.342 e. The molecule has 0 unspecified atom stereocenters. The summed E-state index contributed by atoms with van der Waals surface area (Å²) in [5.74, 6) is 0.0685. The van der Waals surface area contributed by atoms with E-state index in [1.54, 1.807) is 0 Å². The summed E-state index contributed by atoms with van der Waals surface area (Å²) in [6.45, 7) is 2.00. The molecule has 1 atom stereocenters. The number of carbonyl (C=O) groups excluding carboxylic acids is 1. The maximum atomic E-state index is 12.2. The van der Waals surface area contributed by atoms with Gasteiger partial charge in [-0.05, 0) is 12.5 Å². The number of amides is 1. The summed E-state index contributed by atoms with van der Waals surface area (Å²) in [6.07, 6.45) is 2.87. The van der Waals surface area contributed by atoms with Gasteiger partial charge in [0.25, 0.3) is 5.91 Å². The van der Waals surface area contributed by atoms with E-state index in [1.807, 2.05) is 6.92 Å². The third-order valence-electron chi connectivity index (χ3n) is 2.62. The highest BCUT2D eigenvalue weighted by Gasteiger charge is 2.20. The molecule has 7 nitrogen and oxygen atoms in total. The van der Waals surface area contributed by atoms with Crippen molar-refractivity contribution in [3.63, 3.8) is 0 Å². The van der Waals surface area contributed by atoms with Crippen LogP contribution < -0.4 is 5.32 Å². The van der Waals surface area contributed by atoms with Crippen LogP contribution in [0, 0.1) is 0 Å². The molecule has 0 bridgehead atoms. The van der Waals surface area contributed by atoms with Crippen LogP contribution in [0.3, 0.4) is 0 Å². The average molecular weight is 315 g/mol. The molecule has 2 rings (SSSR count). The first kappa shape index (κ1) is 14.7. The fourth-order valence-electron chi connectivity index (χ4n) is 1.69. The zero-order valence-electron chi connectivity index (χ0n) is 10.6. The van der Waals surface area contributed by atoms with Crippen LogP contribution in [0.4, 0.5) is 0 Å². The fourth-order valence-corrected chi connectivity index (χ4v) is 2.04. The lowest BCUT2D eigenvalue weighted by Crippen LogP contribution is -2.29. The Morgan fingerprint density at radius 3 is 2.95 bits per heavy atom. The molecular formula is C11H12Cl2N6O.